The van der Waals surface area contributed by atoms with E-state index in [0.717, 1.165) is 0 Å². The number of rotatable bonds is 3. The Morgan fingerprint density at radius 3 is 2.69 bits per heavy atom. The van der Waals surface area contributed by atoms with Crippen LogP contribution in [0.5, 0.6) is 0 Å². The molecule has 0 aliphatic rings. The summed E-state index contributed by atoms with van der Waals surface area (Å²) in [7, 11) is 0. The first-order valence-electron chi connectivity index (χ1n) is 4.42. The number of hydrogen-bond donors (Lipinski definition) is 0. The predicted octanol–water partition coefficient (Wildman–Crippen LogP) is 2.99. The molecule has 0 atom stereocenters. The van der Waals surface area contributed by atoms with Gasteiger partial charge in [0.2, 0.25) is 0 Å². The average Bonchev–Trinajstić information content (AvgIpc) is 2.08. The van der Waals surface area contributed by atoms with Gasteiger partial charge in [0.1, 0.15) is 5.78 Å². The first-order chi connectivity index (χ1) is 6.20. The Balaban J connectivity index is 2.68. The van der Waals surface area contributed by atoms with Crippen LogP contribution in [0.25, 0.3) is 6.08 Å². The molecule has 0 saturated heterocycles. The van der Waals surface area contributed by atoms with Gasteiger partial charge in [-0.15, -0.1) is 0 Å². The third-order valence-electron chi connectivity index (χ3n) is 1.89. The summed E-state index contributed by atoms with van der Waals surface area (Å²) in [5.41, 5.74) is 2.42. The number of aryl methyl sites for hydroxylation is 1. The summed E-state index contributed by atoms with van der Waals surface area (Å²) >= 11 is 0. The third-order valence-corrected chi connectivity index (χ3v) is 1.89. The number of Topliss-reactive ketones (excluding diaryl/α,β-unsaturated/α-hetero) is 1. The molecule has 0 N–H and O–H groups in total. The number of ketones is 1. The molecule has 0 heterocycles. The van der Waals surface area contributed by atoms with Gasteiger partial charge in [0.15, 0.2) is 0 Å². The van der Waals surface area contributed by atoms with Crippen molar-refractivity contribution in [2.24, 2.45) is 0 Å². The van der Waals surface area contributed by atoms with Crippen LogP contribution in [-0.4, -0.2) is 5.78 Å². The van der Waals surface area contributed by atoms with Gasteiger partial charge < -0.3 is 0 Å². The highest BCUT2D eigenvalue weighted by Crippen LogP contribution is 2.08. The lowest BCUT2D eigenvalue weighted by atomic mass is 10.1. The van der Waals surface area contributed by atoms with Crippen LogP contribution in [0.15, 0.2) is 30.3 Å². The normalized spacial score (nSPS) is 10.6. The van der Waals surface area contributed by atoms with Crippen LogP contribution in [-0.2, 0) is 4.79 Å². The van der Waals surface area contributed by atoms with Crippen LogP contribution < -0.4 is 0 Å². The van der Waals surface area contributed by atoms with E-state index in [1.165, 1.54) is 11.1 Å². The molecule has 1 rings (SSSR count). The Morgan fingerprint density at radius 2 is 2.08 bits per heavy atom. The van der Waals surface area contributed by atoms with E-state index in [-0.39, 0.29) is 5.78 Å². The van der Waals surface area contributed by atoms with Gasteiger partial charge in [-0.2, -0.15) is 0 Å². The number of carbonyl (C=O) groups excluding carboxylic acids is 1. The standard InChI is InChI=1S/C12H14O/c1-10-6-3-4-8-12(10)9-5-7-11(2)13/h3-6,8-9H,7H2,1-2H3/b9-5-. The Labute approximate surface area is 79.1 Å². The molecular formula is C12H14O. The van der Waals surface area contributed by atoms with Gasteiger partial charge in [-0.1, -0.05) is 36.4 Å². The second-order valence-electron chi connectivity index (χ2n) is 3.17. The third kappa shape index (κ3) is 3.24. The molecule has 0 amide bonds. The zero-order chi connectivity index (χ0) is 9.68. The molecule has 1 nitrogen and oxygen atoms in total. The largest absolute Gasteiger partial charge is 0.300 e. The quantitative estimate of drug-likeness (QED) is 0.688. The molecule has 0 radical (unpaired) electrons. The van der Waals surface area contributed by atoms with Crippen molar-refractivity contribution in [3.8, 4) is 0 Å². The molecule has 0 aliphatic heterocycles. The van der Waals surface area contributed by atoms with E-state index in [0.29, 0.717) is 6.42 Å². The van der Waals surface area contributed by atoms with Crippen molar-refractivity contribution < 1.29 is 4.79 Å². The number of hydrogen-bond acceptors (Lipinski definition) is 1. The van der Waals surface area contributed by atoms with E-state index in [4.69, 9.17) is 0 Å². The van der Waals surface area contributed by atoms with E-state index in [1.807, 2.05) is 30.4 Å². The van der Waals surface area contributed by atoms with Gasteiger partial charge in [0.05, 0.1) is 0 Å². The summed E-state index contributed by atoms with van der Waals surface area (Å²) < 4.78 is 0. The minimum atomic E-state index is 0.199. The van der Waals surface area contributed by atoms with Gasteiger partial charge in [0, 0.05) is 6.42 Å². The average molecular weight is 174 g/mol. The minimum absolute atomic E-state index is 0.199. The predicted molar refractivity (Wildman–Crippen MR) is 55.5 cm³/mol. The molecule has 1 heteroatoms. The van der Waals surface area contributed by atoms with Crippen LogP contribution in [0, 0.1) is 6.92 Å². The molecule has 1 aromatic carbocycles. The number of carbonyl (C=O) groups is 1. The van der Waals surface area contributed by atoms with Crippen molar-refractivity contribution in [2.45, 2.75) is 20.3 Å². The highest BCUT2D eigenvalue weighted by Gasteiger charge is 1.91. The maximum Gasteiger partial charge on any atom is 0.133 e. The Kier molecular flexibility index (Phi) is 3.44. The van der Waals surface area contributed by atoms with Gasteiger partial charge in [-0.3, -0.25) is 4.79 Å². The zero-order valence-corrected chi connectivity index (χ0v) is 8.08. The minimum Gasteiger partial charge on any atom is -0.300 e. The monoisotopic (exact) mass is 174 g/mol. The van der Waals surface area contributed by atoms with Gasteiger partial charge in [-0.05, 0) is 25.0 Å². The maximum atomic E-state index is 10.7. The lowest BCUT2D eigenvalue weighted by Crippen LogP contribution is -1.84. The smallest absolute Gasteiger partial charge is 0.133 e. The van der Waals surface area contributed by atoms with E-state index < -0.39 is 0 Å². The molecule has 0 spiro atoms. The summed E-state index contributed by atoms with van der Waals surface area (Å²) in [5.74, 6) is 0.199. The van der Waals surface area contributed by atoms with E-state index in [9.17, 15) is 4.79 Å². The molecule has 0 unspecified atom stereocenters. The van der Waals surface area contributed by atoms with Crippen LogP contribution in [0.4, 0.5) is 0 Å². The summed E-state index contributed by atoms with van der Waals surface area (Å²) in [5, 5.41) is 0. The van der Waals surface area contributed by atoms with Crippen LogP contribution in [0.1, 0.15) is 24.5 Å². The molecule has 0 fully saturated rings. The van der Waals surface area contributed by atoms with Gasteiger partial charge >= 0.3 is 0 Å². The second kappa shape index (κ2) is 4.61. The highest BCUT2D eigenvalue weighted by atomic mass is 16.1. The lowest BCUT2D eigenvalue weighted by Gasteiger charge is -1.97. The summed E-state index contributed by atoms with van der Waals surface area (Å²) in [6.45, 7) is 3.66. The van der Waals surface area contributed by atoms with Gasteiger partial charge in [0.25, 0.3) is 0 Å². The summed E-state index contributed by atoms with van der Waals surface area (Å²) in [6, 6.07) is 8.12. The van der Waals surface area contributed by atoms with E-state index in [2.05, 4.69) is 13.0 Å². The second-order valence-corrected chi connectivity index (χ2v) is 3.17. The Morgan fingerprint density at radius 1 is 1.38 bits per heavy atom. The molecule has 1 aromatic rings. The Bertz CT molecular complexity index is 324. The molecule has 0 aliphatic carbocycles. The fourth-order valence-corrected chi connectivity index (χ4v) is 1.13. The summed E-state index contributed by atoms with van der Waals surface area (Å²) in [4.78, 5) is 10.7. The molecule has 0 aromatic heterocycles. The van der Waals surface area contributed by atoms with Crippen LogP contribution in [0.3, 0.4) is 0 Å². The number of allylic oxidation sites excluding steroid dienone is 1. The molecular weight excluding hydrogens is 160 g/mol. The van der Waals surface area contributed by atoms with Crippen molar-refractivity contribution in [3.63, 3.8) is 0 Å². The van der Waals surface area contributed by atoms with Crippen LogP contribution >= 0.6 is 0 Å². The van der Waals surface area contributed by atoms with Gasteiger partial charge in [-0.25, -0.2) is 0 Å². The Hall–Kier alpha value is -1.37. The maximum absolute atomic E-state index is 10.7. The zero-order valence-electron chi connectivity index (χ0n) is 8.08. The first kappa shape index (κ1) is 9.72. The SMILES string of the molecule is CC(=O)C/C=C\c1ccccc1C. The topological polar surface area (TPSA) is 17.1 Å². The van der Waals surface area contributed by atoms with E-state index >= 15 is 0 Å². The van der Waals surface area contributed by atoms with E-state index in [1.54, 1.807) is 6.92 Å². The molecule has 0 bridgehead atoms. The highest BCUT2D eigenvalue weighted by molar-refractivity contribution is 5.78. The van der Waals surface area contributed by atoms with Crippen molar-refractivity contribution in [1.29, 1.82) is 0 Å². The summed E-state index contributed by atoms with van der Waals surface area (Å²) in [6.07, 6.45) is 4.43. The van der Waals surface area contributed by atoms with Crippen LogP contribution in [0.2, 0.25) is 0 Å². The van der Waals surface area contributed by atoms with Crippen molar-refractivity contribution >= 4 is 11.9 Å². The first-order valence-corrected chi connectivity index (χ1v) is 4.42. The molecule has 68 valence electrons. The van der Waals surface area contributed by atoms with Crippen molar-refractivity contribution in [1.82, 2.24) is 0 Å². The molecule has 13 heavy (non-hydrogen) atoms. The molecule has 0 saturated carbocycles. The number of benzene rings is 1. The fraction of sp³-hybridized carbons (Fsp3) is 0.250. The van der Waals surface area contributed by atoms with Crippen molar-refractivity contribution in [3.05, 3.63) is 41.5 Å². The lowest BCUT2D eigenvalue weighted by molar-refractivity contribution is -0.116. The van der Waals surface area contributed by atoms with Crippen molar-refractivity contribution in [2.75, 3.05) is 0 Å². The fourth-order valence-electron chi connectivity index (χ4n) is 1.13.